The molecule has 0 radical (unpaired) electrons. The zero-order chi connectivity index (χ0) is 16.4. The number of amides is 1. The third-order valence-corrected chi connectivity index (χ3v) is 4.76. The molecule has 0 saturated carbocycles. The van der Waals surface area contributed by atoms with Gasteiger partial charge < -0.3 is 5.32 Å². The van der Waals surface area contributed by atoms with Gasteiger partial charge in [-0.05, 0) is 37.6 Å². The molecule has 1 N–H and O–H groups in total. The summed E-state index contributed by atoms with van der Waals surface area (Å²) in [6.45, 7) is 3.75. The van der Waals surface area contributed by atoms with Gasteiger partial charge in [-0.3, -0.25) is 4.79 Å². The standard InChI is InChI=1S/C18H15ClN2OS/c1-11-17(23-12(2)20-11)18(22)21-16-6-4-3-5-15(16)13-7-9-14(19)10-8-13/h3-10H,1-2H3,(H,21,22). The highest BCUT2D eigenvalue weighted by molar-refractivity contribution is 7.13. The fourth-order valence-electron chi connectivity index (χ4n) is 2.39. The molecule has 23 heavy (non-hydrogen) atoms. The maximum atomic E-state index is 12.5. The minimum Gasteiger partial charge on any atom is -0.321 e. The first-order valence-corrected chi connectivity index (χ1v) is 8.34. The van der Waals surface area contributed by atoms with Crippen LogP contribution in [-0.4, -0.2) is 10.9 Å². The molecule has 3 rings (SSSR count). The van der Waals surface area contributed by atoms with E-state index >= 15 is 0 Å². The van der Waals surface area contributed by atoms with Crippen LogP contribution in [0.15, 0.2) is 48.5 Å². The minimum atomic E-state index is -0.130. The van der Waals surface area contributed by atoms with E-state index in [-0.39, 0.29) is 5.91 Å². The molecule has 3 aromatic rings. The number of halogens is 1. The Hall–Kier alpha value is -2.17. The molecule has 0 aliphatic rings. The average Bonchev–Trinajstić information content (AvgIpc) is 2.87. The molecule has 5 heteroatoms. The molecule has 1 heterocycles. The summed E-state index contributed by atoms with van der Waals surface area (Å²) >= 11 is 7.35. The van der Waals surface area contributed by atoms with Gasteiger partial charge in [0.1, 0.15) is 4.88 Å². The van der Waals surface area contributed by atoms with E-state index in [1.807, 2.05) is 62.4 Å². The highest BCUT2D eigenvalue weighted by Crippen LogP contribution is 2.29. The van der Waals surface area contributed by atoms with Crippen molar-refractivity contribution >= 4 is 34.5 Å². The molecule has 2 aromatic carbocycles. The zero-order valence-corrected chi connectivity index (χ0v) is 14.3. The van der Waals surface area contributed by atoms with Gasteiger partial charge in [0.05, 0.1) is 10.7 Å². The van der Waals surface area contributed by atoms with Crippen molar-refractivity contribution in [2.45, 2.75) is 13.8 Å². The number of benzene rings is 2. The molecule has 0 atom stereocenters. The maximum absolute atomic E-state index is 12.5. The molecule has 3 nitrogen and oxygen atoms in total. The molecule has 0 fully saturated rings. The van der Waals surface area contributed by atoms with Crippen LogP contribution in [0.5, 0.6) is 0 Å². The average molecular weight is 343 g/mol. The van der Waals surface area contributed by atoms with Crippen LogP contribution in [0.4, 0.5) is 5.69 Å². The largest absolute Gasteiger partial charge is 0.321 e. The monoisotopic (exact) mass is 342 g/mol. The van der Waals surface area contributed by atoms with E-state index in [1.54, 1.807) is 0 Å². The van der Waals surface area contributed by atoms with Gasteiger partial charge in [0.25, 0.3) is 5.91 Å². The zero-order valence-electron chi connectivity index (χ0n) is 12.8. The Labute approximate surface area is 144 Å². The molecule has 0 aliphatic carbocycles. The van der Waals surface area contributed by atoms with Crippen LogP contribution in [-0.2, 0) is 0 Å². The number of aryl methyl sites for hydroxylation is 2. The van der Waals surface area contributed by atoms with Crippen LogP contribution in [0.1, 0.15) is 20.4 Å². The molecule has 0 bridgehead atoms. The lowest BCUT2D eigenvalue weighted by Crippen LogP contribution is -2.12. The summed E-state index contributed by atoms with van der Waals surface area (Å²) in [6, 6.07) is 15.3. The predicted octanol–water partition coefficient (Wildman–Crippen LogP) is 5.33. The lowest BCUT2D eigenvalue weighted by Gasteiger charge is -2.11. The summed E-state index contributed by atoms with van der Waals surface area (Å²) in [5.41, 5.74) is 3.48. The first-order valence-electron chi connectivity index (χ1n) is 7.15. The number of para-hydroxylation sites is 1. The second-order valence-electron chi connectivity index (χ2n) is 5.15. The van der Waals surface area contributed by atoms with Crippen molar-refractivity contribution in [3.63, 3.8) is 0 Å². The van der Waals surface area contributed by atoms with Crippen molar-refractivity contribution in [2.24, 2.45) is 0 Å². The molecular formula is C18H15ClN2OS. The predicted molar refractivity (Wildman–Crippen MR) is 96.4 cm³/mol. The molecule has 1 aromatic heterocycles. The third-order valence-electron chi connectivity index (χ3n) is 3.44. The number of hydrogen-bond donors (Lipinski definition) is 1. The minimum absolute atomic E-state index is 0.130. The van der Waals surface area contributed by atoms with E-state index < -0.39 is 0 Å². The Bertz CT molecular complexity index is 856. The van der Waals surface area contributed by atoms with Crippen LogP contribution in [0, 0.1) is 13.8 Å². The Morgan fingerprint density at radius 2 is 1.78 bits per heavy atom. The van der Waals surface area contributed by atoms with E-state index in [9.17, 15) is 4.79 Å². The van der Waals surface area contributed by atoms with E-state index in [4.69, 9.17) is 11.6 Å². The normalized spacial score (nSPS) is 10.6. The van der Waals surface area contributed by atoms with Gasteiger partial charge in [-0.15, -0.1) is 11.3 Å². The second kappa shape index (κ2) is 6.52. The van der Waals surface area contributed by atoms with Crippen molar-refractivity contribution in [1.82, 2.24) is 4.98 Å². The van der Waals surface area contributed by atoms with Gasteiger partial charge in [-0.25, -0.2) is 4.98 Å². The quantitative estimate of drug-likeness (QED) is 0.698. The SMILES string of the molecule is Cc1nc(C)c(C(=O)Nc2ccccc2-c2ccc(Cl)cc2)s1. The molecule has 0 spiro atoms. The van der Waals surface area contributed by atoms with Crippen LogP contribution >= 0.6 is 22.9 Å². The van der Waals surface area contributed by atoms with Gasteiger partial charge in [-0.1, -0.05) is 41.9 Å². The van der Waals surface area contributed by atoms with Crippen molar-refractivity contribution in [2.75, 3.05) is 5.32 Å². The molecule has 1 amide bonds. The Balaban J connectivity index is 1.93. The van der Waals surface area contributed by atoms with Gasteiger partial charge in [0.2, 0.25) is 0 Å². The number of nitrogens with zero attached hydrogens (tertiary/aromatic N) is 1. The van der Waals surface area contributed by atoms with E-state index in [1.165, 1.54) is 11.3 Å². The van der Waals surface area contributed by atoms with Crippen molar-refractivity contribution < 1.29 is 4.79 Å². The van der Waals surface area contributed by atoms with E-state index in [0.29, 0.717) is 9.90 Å². The summed E-state index contributed by atoms with van der Waals surface area (Å²) < 4.78 is 0. The fraction of sp³-hybridized carbons (Fsp3) is 0.111. The number of nitrogens with one attached hydrogen (secondary N) is 1. The molecule has 0 unspecified atom stereocenters. The highest BCUT2D eigenvalue weighted by atomic mass is 35.5. The van der Waals surface area contributed by atoms with E-state index in [0.717, 1.165) is 27.5 Å². The van der Waals surface area contributed by atoms with Gasteiger partial charge in [0.15, 0.2) is 0 Å². The van der Waals surface area contributed by atoms with Crippen molar-refractivity contribution in [3.05, 3.63) is 69.1 Å². The summed E-state index contributed by atoms with van der Waals surface area (Å²) in [5.74, 6) is -0.130. The lowest BCUT2D eigenvalue weighted by atomic mass is 10.0. The van der Waals surface area contributed by atoms with Gasteiger partial charge in [0, 0.05) is 16.3 Å². The summed E-state index contributed by atoms with van der Waals surface area (Å²) in [5, 5.41) is 4.57. The molecule has 116 valence electrons. The maximum Gasteiger partial charge on any atom is 0.267 e. The number of hydrogen-bond acceptors (Lipinski definition) is 3. The van der Waals surface area contributed by atoms with Crippen LogP contribution in [0.25, 0.3) is 11.1 Å². The third kappa shape index (κ3) is 3.44. The van der Waals surface area contributed by atoms with Crippen molar-refractivity contribution in [3.8, 4) is 11.1 Å². The summed E-state index contributed by atoms with van der Waals surface area (Å²) in [7, 11) is 0. The topological polar surface area (TPSA) is 42.0 Å². The first-order chi connectivity index (χ1) is 11.0. The number of rotatable bonds is 3. The number of carbonyl (C=O) groups is 1. The molecular weight excluding hydrogens is 328 g/mol. The smallest absolute Gasteiger partial charge is 0.267 e. The lowest BCUT2D eigenvalue weighted by molar-refractivity contribution is 0.103. The number of thiazole rings is 1. The summed E-state index contributed by atoms with van der Waals surface area (Å²) in [6.07, 6.45) is 0. The van der Waals surface area contributed by atoms with Gasteiger partial charge >= 0.3 is 0 Å². The first kappa shape index (κ1) is 15.7. The fourth-order valence-corrected chi connectivity index (χ4v) is 3.34. The molecule has 0 aliphatic heterocycles. The Morgan fingerprint density at radius 3 is 2.43 bits per heavy atom. The van der Waals surface area contributed by atoms with Crippen LogP contribution in [0.2, 0.25) is 5.02 Å². The number of anilines is 1. The van der Waals surface area contributed by atoms with Crippen LogP contribution < -0.4 is 5.32 Å². The molecule has 0 saturated heterocycles. The summed E-state index contributed by atoms with van der Waals surface area (Å²) in [4.78, 5) is 17.5. The Morgan fingerprint density at radius 1 is 1.09 bits per heavy atom. The Kier molecular flexibility index (Phi) is 4.46. The number of aromatic nitrogens is 1. The van der Waals surface area contributed by atoms with E-state index in [2.05, 4.69) is 10.3 Å². The number of carbonyl (C=O) groups excluding carboxylic acids is 1. The highest BCUT2D eigenvalue weighted by Gasteiger charge is 2.15. The van der Waals surface area contributed by atoms with Crippen LogP contribution in [0.3, 0.4) is 0 Å². The second-order valence-corrected chi connectivity index (χ2v) is 6.79. The van der Waals surface area contributed by atoms with Gasteiger partial charge in [-0.2, -0.15) is 0 Å². The van der Waals surface area contributed by atoms with Crippen molar-refractivity contribution in [1.29, 1.82) is 0 Å².